The van der Waals surface area contributed by atoms with Crippen LogP contribution in [0.2, 0.25) is 5.02 Å². The number of amides is 1. The Morgan fingerprint density at radius 2 is 2.14 bits per heavy atom. The molecule has 1 aromatic rings. The summed E-state index contributed by atoms with van der Waals surface area (Å²) in [5.41, 5.74) is -0.170. The number of carbonyl (C=O) groups is 1. The molecular weight excluding hydrogens is 340 g/mol. The Morgan fingerprint density at radius 3 is 2.71 bits per heavy atom. The summed E-state index contributed by atoms with van der Waals surface area (Å²) < 4.78 is 36.5. The third kappa shape index (κ3) is 3.33. The van der Waals surface area contributed by atoms with Crippen molar-refractivity contribution in [2.45, 2.75) is 37.1 Å². The van der Waals surface area contributed by atoms with Gasteiger partial charge in [0.25, 0.3) is 15.0 Å². The fraction of sp³-hybridized carbons (Fsp3) is 0.462. The van der Waals surface area contributed by atoms with E-state index in [-0.39, 0.29) is 16.6 Å². The average molecular weight is 354 g/mol. The predicted molar refractivity (Wildman–Crippen MR) is 78.8 cm³/mol. The van der Waals surface area contributed by atoms with Crippen LogP contribution in [0, 0.1) is 5.82 Å². The second-order valence-corrected chi connectivity index (χ2v) is 7.85. The average Bonchev–Trinajstić information content (AvgIpc) is 2.88. The molecule has 1 heterocycles. The maximum atomic E-state index is 13.8. The first-order chi connectivity index (χ1) is 9.75. The first-order valence-corrected chi connectivity index (χ1v) is 9.19. The zero-order chi connectivity index (χ0) is 15.8. The van der Waals surface area contributed by atoms with Crippen LogP contribution in [-0.2, 0) is 9.05 Å². The molecule has 1 aliphatic heterocycles. The Morgan fingerprint density at radius 1 is 1.48 bits per heavy atom. The van der Waals surface area contributed by atoms with Gasteiger partial charge in [0.15, 0.2) is 0 Å². The molecule has 0 aromatic heterocycles. The molecule has 1 unspecified atom stereocenters. The standard InChI is InChI=1S/C13H14Cl2FNO3S/c1-2-8-4-3-5-17(8)13(18)10-6-9(21(15,19)20)7-11(16)12(10)14/h6-8H,2-5H2,1H3. The first kappa shape index (κ1) is 16.5. The van der Waals surface area contributed by atoms with Gasteiger partial charge in [-0.25, -0.2) is 12.8 Å². The lowest BCUT2D eigenvalue weighted by atomic mass is 10.1. The summed E-state index contributed by atoms with van der Waals surface area (Å²) in [6.07, 6.45) is 2.51. The summed E-state index contributed by atoms with van der Waals surface area (Å²) in [5, 5.41) is -0.384. The largest absolute Gasteiger partial charge is 0.336 e. The molecule has 0 radical (unpaired) electrons. The molecule has 1 fully saturated rings. The normalized spacial score (nSPS) is 19.0. The number of carbonyl (C=O) groups excluding carboxylic acids is 1. The highest BCUT2D eigenvalue weighted by Gasteiger charge is 2.31. The maximum Gasteiger partial charge on any atom is 0.261 e. The van der Waals surface area contributed by atoms with Crippen molar-refractivity contribution in [2.75, 3.05) is 6.54 Å². The van der Waals surface area contributed by atoms with Crippen molar-refractivity contribution in [3.63, 3.8) is 0 Å². The highest BCUT2D eigenvalue weighted by Crippen LogP contribution is 2.30. The van der Waals surface area contributed by atoms with Gasteiger partial charge >= 0.3 is 0 Å². The minimum atomic E-state index is -4.14. The number of rotatable bonds is 3. The fourth-order valence-corrected chi connectivity index (χ4v) is 3.50. The van der Waals surface area contributed by atoms with Crippen LogP contribution in [0.15, 0.2) is 17.0 Å². The van der Waals surface area contributed by atoms with Crippen molar-refractivity contribution in [2.24, 2.45) is 0 Å². The molecule has 1 aromatic carbocycles. The second-order valence-electron chi connectivity index (χ2n) is 4.91. The summed E-state index contributed by atoms with van der Waals surface area (Å²) in [5.74, 6) is -1.44. The molecule has 1 aliphatic rings. The van der Waals surface area contributed by atoms with Gasteiger partial charge in [-0.1, -0.05) is 18.5 Å². The van der Waals surface area contributed by atoms with Crippen molar-refractivity contribution in [3.05, 3.63) is 28.5 Å². The van der Waals surface area contributed by atoms with Crippen LogP contribution in [0.5, 0.6) is 0 Å². The molecule has 1 atom stereocenters. The van der Waals surface area contributed by atoms with Crippen LogP contribution < -0.4 is 0 Å². The SMILES string of the molecule is CCC1CCCN1C(=O)c1cc(S(=O)(=O)Cl)cc(F)c1Cl. The lowest BCUT2D eigenvalue weighted by Gasteiger charge is -2.24. The summed E-state index contributed by atoms with van der Waals surface area (Å²) in [7, 11) is 1.07. The Labute approximate surface area is 132 Å². The van der Waals surface area contributed by atoms with Crippen molar-refractivity contribution >= 4 is 37.2 Å². The van der Waals surface area contributed by atoms with Crippen LogP contribution in [0.4, 0.5) is 4.39 Å². The maximum absolute atomic E-state index is 13.8. The number of likely N-dealkylation sites (tertiary alicyclic amines) is 1. The summed E-state index contributed by atoms with van der Waals surface area (Å²) in [6.45, 7) is 2.51. The van der Waals surface area contributed by atoms with E-state index in [4.69, 9.17) is 22.3 Å². The molecule has 0 spiro atoms. The Hall–Kier alpha value is -0.850. The van der Waals surface area contributed by atoms with Crippen LogP contribution in [-0.4, -0.2) is 31.8 Å². The first-order valence-electron chi connectivity index (χ1n) is 6.50. The van der Waals surface area contributed by atoms with Gasteiger partial charge in [-0.3, -0.25) is 4.79 Å². The van der Waals surface area contributed by atoms with E-state index in [2.05, 4.69) is 0 Å². The Balaban J connectivity index is 2.48. The van der Waals surface area contributed by atoms with E-state index in [1.165, 1.54) is 0 Å². The zero-order valence-corrected chi connectivity index (χ0v) is 13.6. The molecule has 0 aliphatic carbocycles. The van der Waals surface area contributed by atoms with Crippen LogP contribution in [0.25, 0.3) is 0 Å². The van der Waals surface area contributed by atoms with Gasteiger partial charge < -0.3 is 4.90 Å². The molecule has 4 nitrogen and oxygen atoms in total. The number of benzene rings is 1. The smallest absolute Gasteiger partial charge is 0.261 e. The van der Waals surface area contributed by atoms with Crippen molar-refractivity contribution in [3.8, 4) is 0 Å². The summed E-state index contributed by atoms with van der Waals surface area (Å²) >= 11 is 5.82. The minimum Gasteiger partial charge on any atom is -0.336 e. The van der Waals surface area contributed by atoms with E-state index in [1.54, 1.807) is 4.90 Å². The molecule has 21 heavy (non-hydrogen) atoms. The third-order valence-electron chi connectivity index (χ3n) is 3.62. The van der Waals surface area contributed by atoms with E-state index >= 15 is 0 Å². The van der Waals surface area contributed by atoms with Gasteiger partial charge in [0.1, 0.15) is 5.82 Å². The van der Waals surface area contributed by atoms with Crippen LogP contribution in [0.1, 0.15) is 36.5 Å². The summed E-state index contributed by atoms with van der Waals surface area (Å²) in [6, 6.07) is 1.80. The van der Waals surface area contributed by atoms with E-state index in [0.717, 1.165) is 25.3 Å². The quantitative estimate of drug-likeness (QED) is 0.782. The molecule has 1 amide bonds. The van der Waals surface area contributed by atoms with Gasteiger partial charge in [0.05, 0.1) is 15.5 Å². The molecule has 116 valence electrons. The minimum absolute atomic E-state index is 0.0629. The second kappa shape index (κ2) is 6.10. The predicted octanol–water partition coefficient (Wildman–Crippen LogP) is 3.42. The highest BCUT2D eigenvalue weighted by molar-refractivity contribution is 8.13. The molecule has 0 saturated carbocycles. The van der Waals surface area contributed by atoms with Crippen LogP contribution >= 0.6 is 22.3 Å². The van der Waals surface area contributed by atoms with Gasteiger partial charge in [-0.05, 0) is 31.4 Å². The van der Waals surface area contributed by atoms with Crippen molar-refractivity contribution in [1.82, 2.24) is 4.90 Å². The van der Waals surface area contributed by atoms with E-state index in [0.29, 0.717) is 12.6 Å². The van der Waals surface area contributed by atoms with E-state index in [9.17, 15) is 17.6 Å². The third-order valence-corrected chi connectivity index (χ3v) is 5.34. The van der Waals surface area contributed by atoms with Crippen molar-refractivity contribution < 1.29 is 17.6 Å². The molecule has 8 heteroatoms. The van der Waals surface area contributed by atoms with Crippen LogP contribution in [0.3, 0.4) is 0 Å². The molecule has 0 bridgehead atoms. The van der Waals surface area contributed by atoms with Crippen molar-refractivity contribution in [1.29, 1.82) is 0 Å². The molecular formula is C13H14Cl2FNO3S. The van der Waals surface area contributed by atoms with Gasteiger partial charge in [0.2, 0.25) is 0 Å². The van der Waals surface area contributed by atoms with E-state index in [1.807, 2.05) is 6.92 Å². The number of halogens is 3. The number of hydrogen-bond donors (Lipinski definition) is 0. The fourth-order valence-electron chi connectivity index (χ4n) is 2.54. The lowest BCUT2D eigenvalue weighted by Crippen LogP contribution is -2.35. The van der Waals surface area contributed by atoms with Gasteiger partial charge in [0, 0.05) is 23.3 Å². The molecule has 0 N–H and O–H groups in total. The Kier molecular flexibility index (Phi) is 4.80. The molecule has 2 rings (SSSR count). The number of nitrogens with zero attached hydrogens (tertiary/aromatic N) is 1. The zero-order valence-electron chi connectivity index (χ0n) is 11.3. The van der Waals surface area contributed by atoms with Gasteiger partial charge in [-0.15, -0.1) is 0 Å². The number of hydrogen-bond acceptors (Lipinski definition) is 3. The van der Waals surface area contributed by atoms with Gasteiger partial charge in [-0.2, -0.15) is 0 Å². The highest BCUT2D eigenvalue weighted by atomic mass is 35.7. The summed E-state index contributed by atoms with van der Waals surface area (Å²) in [4.78, 5) is 13.6. The molecule has 1 saturated heterocycles. The monoisotopic (exact) mass is 353 g/mol. The van der Waals surface area contributed by atoms with E-state index < -0.39 is 25.7 Å². The Bertz CT molecular complexity index is 678. The lowest BCUT2D eigenvalue weighted by molar-refractivity contribution is 0.0733. The topological polar surface area (TPSA) is 54.5 Å².